The Morgan fingerprint density at radius 3 is 2.44 bits per heavy atom. The highest BCUT2D eigenvalue weighted by atomic mass is 32.2. The largest absolute Gasteiger partial charge is 0.331 e. The van der Waals surface area contributed by atoms with E-state index in [9.17, 15) is 9.00 Å². The van der Waals surface area contributed by atoms with Gasteiger partial charge in [-0.15, -0.1) is 0 Å². The van der Waals surface area contributed by atoms with Crippen LogP contribution < -0.4 is 15.4 Å². The molecule has 6 nitrogen and oxygen atoms in total. The van der Waals surface area contributed by atoms with Crippen molar-refractivity contribution in [3.63, 3.8) is 0 Å². The molecule has 7 heteroatoms. The molecule has 0 heterocycles. The first-order chi connectivity index (χ1) is 13.0. The van der Waals surface area contributed by atoms with Gasteiger partial charge in [-0.1, -0.05) is 12.1 Å². The van der Waals surface area contributed by atoms with Crippen LogP contribution in [0.2, 0.25) is 0 Å². The van der Waals surface area contributed by atoms with Gasteiger partial charge < -0.3 is 10.6 Å². The maximum absolute atomic E-state index is 12.4. The molecule has 3 aliphatic carbocycles. The summed E-state index contributed by atoms with van der Waals surface area (Å²) in [5.41, 5.74) is 6.02. The average Bonchev–Trinajstić information content (AvgIpc) is 3.11. The topological polar surface area (TPSA) is 94.1 Å². The van der Waals surface area contributed by atoms with E-state index in [-0.39, 0.29) is 0 Å². The van der Waals surface area contributed by atoms with Crippen LogP contribution in [0.4, 0.5) is 10.5 Å². The van der Waals surface area contributed by atoms with Crippen molar-refractivity contribution in [3.8, 4) is 0 Å². The molecule has 4 N–H and O–H groups in total. The number of anilines is 1. The van der Waals surface area contributed by atoms with E-state index in [1.165, 1.54) is 40.5 Å². The smallest absolute Gasteiger partial charge is 0.313 e. The minimum atomic E-state index is -3.30. The van der Waals surface area contributed by atoms with Crippen LogP contribution in [0.25, 0.3) is 0 Å². The molecule has 1 unspecified atom stereocenters. The van der Waals surface area contributed by atoms with E-state index in [0.717, 1.165) is 56.7 Å². The van der Waals surface area contributed by atoms with Crippen LogP contribution >= 0.6 is 0 Å². The number of fused-ring (bicyclic) bond motifs is 2. The monoisotopic (exact) mass is 388 g/mol. The van der Waals surface area contributed by atoms with Crippen LogP contribution in [-0.2, 0) is 35.6 Å². The van der Waals surface area contributed by atoms with Crippen LogP contribution in [0.15, 0.2) is 17.6 Å². The molecule has 1 saturated carbocycles. The predicted molar refractivity (Wildman–Crippen MR) is 108 cm³/mol. The quantitative estimate of drug-likeness (QED) is 0.540. The first-order valence-electron chi connectivity index (χ1n) is 9.93. The molecule has 0 spiro atoms. The first kappa shape index (κ1) is 18.5. The minimum Gasteiger partial charge on any atom is -0.313 e. The lowest BCUT2D eigenvalue weighted by Crippen LogP contribution is -2.33. The fourth-order valence-electron chi connectivity index (χ4n) is 4.15. The Kier molecular flexibility index (Phi) is 5.23. The lowest BCUT2D eigenvalue weighted by Gasteiger charge is -2.16. The predicted octanol–water partition coefficient (Wildman–Crippen LogP) is 3.26. The van der Waals surface area contributed by atoms with Crippen molar-refractivity contribution < 1.29 is 9.00 Å². The van der Waals surface area contributed by atoms with Crippen molar-refractivity contribution in [3.05, 3.63) is 39.8 Å². The molecule has 0 radical (unpaired) electrons. The van der Waals surface area contributed by atoms with Gasteiger partial charge >= 0.3 is 6.03 Å². The normalized spacial score (nSPS) is 20.3. The van der Waals surface area contributed by atoms with E-state index >= 15 is 0 Å². The van der Waals surface area contributed by atoms with E-state index in [1.807, 2.05) is 0 Å². The summed E-state index contributed by atoms with van der Waals surface area (Å²) in [6, 6.07) is 1.75. The number of carbonyl (C=O) groups excluding carboxylic acids is 1. The number of nitrogens with one attached hydrogen (secondary N) is 4. The number of aryl methyl sites for hydroxylation is 2. The van der Waals surface area contributed by atoms with E-state index in [2.05, 4.69) is 21.4 Å². The van der Waals surface area contributed by atoms with E-state index in [0.29, 0.717) is 6.54 Å². The molecule has 3 aliphatic rings. The van der Waals surface area contributed by atoms with Crippen LogP contribution in [-0.4, -0.2) is 23.3 Å². The van der Waals surface area contributed by atoms with Gasteiger partial charge in [-0.3, -0.25) is 0 Å². The summed E-state index contributed by atoms with van der Waals surface area (Å²) in [4.78, 5) is 12.4. The summed E-state index contributed by atoms with van der Waals surface area (Å²) in [6.45, 7) is 1.52. The summed E-state index contributed by atoms with van der Waals surface area (Å²) in [7, 11) is -3.30. The number of hydrogen-bond acceptors (Lipinski definition) is 4. The molecule has 0 bridgehead atoms. The molecule has 0 saturated heterocycles. The highest BCUT2D eigenvalue weighted by molar-refractivity contribution is 7.93. The van der Waals surface area contributed by atoms with Crippen LogP contribution in [0.1, 0.15) is 47.9 Å². The van der Waals surface area contributed by atoms with Crippen LogP contribution in [0.3, 0.4) is 0 Å². The van der Waals surface area contributed by atoms with Crippen molar-refractivity contribution >= 4 is 21.6 Å². The number of carbonyl (C=O) groups is 1. The average molecular weight is 389 g/mol. The van der Waals surface area contributed by atoms with E-state index in [4.69, 9.17) is 4.78 Å². The van der Waals surface area contributed by atoms with E-state index in [1.54, 1.807) is 6.08 Å². The molecule has 27 heavy (non-hydrogen) atoms. The number of benzene rings is 1. The molecule has 4 rings (SSSR count). The fraction of sp³-hybridized carbons (Fsp3) is 0.550. The molecular formula is C20H28N4O2S. The molecule has 146 valence electrons. The van der Waals surface area contributed by atoms with Gasteiger partial charge in [0.15, 0.2) is 9.92 Å². The molecule has 1 aromatic rings. The van der Waals surface area contributed by atoms with Crippen molar-refractivity contribution in [2.45, 2.75) is 51.4 Å². The summed E-state index contributed by atoms with van der Waals surface area (Å²) in [6.07, 6.45) is 10.5. The minimum absolute atomic E-state index is 0.556. The Bertz CT molecular complexity index is 840. The highest BCUT2D eigenvalue weighted by Crippen LogP contribution is 2.38. The maximum atomic E-state index is 12.4. The van der Waals surface area contributed by atoms with Gasteiger partial charge in [-0.25, -0.2) is 18.5 Å². The third-order valence-electron chi connectivity index (χ3n) is 5.64. The Labute approximate surface area is 161 Å². The molecule has 1 atom stereocenters. The number of hydrogen-bond donors (Lipinski definition) is 4. The van der Waals surface area contributed by atoms with Crippen LogP contribution in [0.5, 0.6) is 0 Å². The van der Waals surface area contributed by atoms with E-state index < -0.39 is 15.9 Å². The van der Waals surface area contributed by atoms with Gasteiger partial charge in [0.2, 0.25) is 0 Å². The van der Waals surface area contributed by atoms with Gasteiger partial charge in [-0.05, 0) is 86.1 Å². The van der Waals surface area contributed by atoms with Gasteiger partial charge in [0, 0.05) is 17.6 Å². The number of rotatable bonds is 7. The molecule has 2 amide bonds. The zero-order valence-corrected chi connectivity index (χ0v) is 16.4. The second-order valence-corrected chi connectivity index (χ2v) is 9.54. The summed E-state index contributed by atoms with van der Waals surface area (Å²) < 4.78 is 22.6. The summed E-state index contributed by atoms with van der Waals surface area (Å²) >= 11 is 0. The van der Waals surface area contributed by atoms with Crippen LogP contribution in [0, 0.1) is 10.7 Å². The maximum Gasteiger partial charge on any atom is 0.331 e. The van der Waals surface area contributed by atoms with Gasteiger partial charge in [0.05, 0.1) is 0 Å². The Hall–Kier alpha value is -1.86. The standard InChI is InChI=1S/C20H28N4O2S/c21-27(26,11-3-10-22-13-14-8-9-14)24-20(25)23-19-17-6-1-4-15(17)12-16-5-2-7-18(16)19/h3,11-12,14,22H,1-2,4-10,13H2,(H3,21,23,24,25,26)/b11-3+. The number of urea groups is 1. The molecule has 1 aromatic carbocycles. The van der Waals surface area contributed by atoms with Crippen molar-refractivity contribution in [2.24, 2.45) is 5.92 Å². The van der Waals surface area contributed by atoms with Gasteiger partial charge in [0.25, 0.3) is 0 Å². The number of amides is 2. The second kappa shape index (κ2) is 7.64. The molecule has 0 aromatic heterocycles. The highest BCUT2D eigenvalue weighted by Gasteiger charge is 2.25. The SMILES string of the molecule is N=S(=O)(/C=C/CNCC1CC1)NC(=O)Nc1c2c(cc3c1CCC3)CCC2. The molecule has 0 aliphatic heterocycles. The Morgan fingerprint density at radius 2 is 1.81 bits per heavy atom. The Balaban J connectivity index is 1.38. The molecular weight excluding hydrogens is 360 g/mol. The van der Waals surface area contributed by atoms with Crippen molar-refractivity contribution in [2.75, 3.05) is 18.4 Å². The zero-order valence-electron chi connectivity index (χ0n) is 15.6. The second-order valence-electron chi connectivity index (χ2n) is 7.86. The van der Waals surface area contributed by atoms with Crippen molar-refractivity contribution in [1.82, 2.24) is 10.0 Å². The molecule has 1 fully saturated rings. The first-order valence-corrected chi connectivity index (χ1v) is 11.6. The summed E-state index contributed by atoms with van der Waals surface area (Å²) in [5, 5.41) is 7.45. The Morgan fingerprint density at radius 1 is 1.15 bits per heavy atom. The lowest BCUT2D eigenvalue weighted by molar-refractivity contribution is 0.257. The van der Waals surface area contributed by atoms with Crippen molar-refractivity contribution in [1.29, 1.82) is 4.78 Å². The lowest BCUT2D eigenvalue weighted by atomic mass is 9.99. The third-order valence-corrected chi connectivity index (χ3v) is 6.70. The van der Waals surface area contributed by atoms with Gasteiger partial charge in [0.1, 0.15) is 0 Å². The third kappa shape index (κ3) is 4.52. The van der Waals surface area contributed by atoms with Gasteiger partial charge in [-0.2, -0.15) is 0 Å². The fourth-order valence-corrected chi connectivity index (χ4v) is 4.92. The zero-order chi connectivity index (χ0) is 18.9. The summed E-state index contributed by atoms with van der Waals surface area (Å²) in [5.74, 6) is 0.775.